The molecule has 0 saturated heterocycles. The molecule has 0 radical (unpaired) electrons. The highest BCUT2D eigenvalue weighted by Gasteiger charge is 2.13. The zero-order chi connectivity index (χ0) is 21.7. The Morgan fingerprint density at radius 2 is 2.07 bits per heavy atom. The summed E-state index contributed by atoms with van der Waals surface area (Å²) in [5.41, 5.74) is 2.13. The zero-order valence-corrected chi connectivity index (χ0v) is 17.6. The molecule has 0 aliphatic heterocycles. The minimum atomic E-state index is -3.62. The van der Waals surface area contributed by atoms with Crippen molar-refractivity contribution in [2.24, 2.45) is 0 Å². The van der Waals surface area contributed by atoms with Crippen LogP contribution in [-0.4, -0.2) is 49.7 Å². The number of aromatic nitrogens is 2. The first-order valence-electron chi connectivity index (χ1n) is 9.52. The van der Waals surface area contributed by atoms with Gasteiger partial charge < -0.3 is 15.2 Å². The highest BCUT2D eigenvalue weighted by atomic mass is 32.2. The van der Waals surface area contributed by atoms with E-state index < -0.39 is 21.9 Å². The maximum absolute atomic E-state index is 13.7. The molecule has 0 amide bonds. The summed E-state index contributed by atoms with van der Waals surface area (Å²) in [6.07, 6.45) is 0.880. The molecule has 1 heterocycles. The molecule has 0 aliphatic rings. The lowest BCUT2D eigenvalue weighted by atomic mass is 10.1. The lowest BCUT2D eigenvalue weighted by molar-refractivity contribution is 0.172. The van der Waals surface area contributed by atoms with Gasteiger partial charge >= 0.3 is 0 Å². The monoisotopic (exact) mass is 436 g/mol. The number of ether oxygens (including phenoxy) is 1. The van der Waals surface area contributed by atoms with Crippen LogP contribution in [0.2, 0.25) is 0 Å². The lowest BCUT2D eigenvalue weighted by Gasteiger charge is -2.14. The molecule has 162 valence electrons. The van der Waals surface area contributed by atoms with Crippen molar-refractivity contribution in [3.8, 4) is 5.75 Å². The van der Waals surface area contributed by atoms with E-state index in [4.69, 9.17) is 4.74 Å². The molecule has 3 aromatic rings. The molecule has 3 rings (SSSR count). The Balaban J connectivity index is 1.48. The van der Waals surface area contributed by atoms with Crippen LogP contribution in [-0.2, 0) is 16.4 Å². The second-order valence-corrected chi connectivity index (χ2v) is 8.67. The smallest absolute Gasteiger partial charge is 0.229 e. The van der Waals surface area contributed by atoms with Crippen molar-refractivity contribution in [3.63, 3.8) is 0 Å². The maximum atomic E-state index is 13.7. The molecule has 0 saturated carbocycles. The fourth-order valence-electron chi connectivity index (χ4n) is 3.03. The molecule has 4 N–H and O–H groups in total. The van der Waals surface area contributed by atoms with Crippen molar-refractivity contribution in [1.82, 2.24) is 15.5 Å². The van der Waals surface area contributed by atoms with E-state index in [2.05, 4.69) is 27.2 Å². The predicted octanol–water partition coefficient (Wildman–Crippen LogP) is 2.34. The first-order chi connectivity index (χ1) is 14.3. The van der Waals surface area contributed by atoms with Crippen LogP contribution in [0.3, 0.4) is 0 Å². The van der Waals surface area contributed by atoms with Gasteiger partial charge in [0, 0.05) is 30.2 Å². The topological polar surface area (TPSA) is 116 Å². The number of aryl methyl sites for hydroxylation is 1. The summed E-state index contributed by atoms with van der Waals surface area (Å²) < 4.78 is 44.2. The SMILES string of the molecule is CCc1[nH]nc2cc(OCCNC[C@H](O)c3ccc(F)c(NS(C)(=O)=O)c3)ccc12. The summed E-state index contributed by atoms with van der Waals surface area (Å²) >= 11 is 0. The standard InChI is InChI=1S/C20H25FN4O4S/c1-3-17-15-6-5-14(11-18(15)24-23-17)29-9-8-22-12-20(26)13-4-7-16(21)19(10-13)25-30(2,27)28/h4-7,10-11,20,22,25-26H,3,8-9,12H2,1-2H3,(H,23,24)/t20-/m0/s1. The number of aliphatic hydroxyl groups excluding tert-OH is 1. The van der Waals surface area contributed by atoms with Gasteiger partial charge in [0.2, 0.25) is 10.0 Å². The summed E-state index contributed by atoms with van der Waals surface area (Å²) in [6, 6.07) is 9.54. The van der Waals surface area contributed by atoms with Crippen molar-refractivity contribution >= 4 is 26.6 Å². The van der Waals surface area contributed by atoms with Gasteiger partial charge in [-0.2, -0.15) is 5.10 Å². The molecule has 1 atom stereocenters. The molecule has 2 aromatic carbocycles. The van der Waals surface area contributed by atoms with Gasteiger partial charge in [-0.05, 0) is 36.2 Å². The molecule has 30 heavy (non-hydrogen) atoms. The van der Waals surface area contributed by atoms with Gasteiger partial charge in [0.1, 0.15) is 18.2 Å². The molecule has 0 unspecified atom stereocenters. The van der Waals surface area contributed by atoms with Crippen LogP contribution in [0.25, 0.3) is 10.9 Å². The normalized spacial score (nSPS) is 12.8. The van der Waals surface area contributed by atoms with Crippen LogP contribution in [0, 0.1) is 5.82 Å². The van der Waals surface area contributed by atoms with Gasteiger partial charge in [-0.1, -0.05) is 13.0 Å². The Hall–Kier alpha value is -2.69. The number of benzene rings is 2. The van der Waals surface area contributed by atoms with Crippen LogP contribution in [0.5, 0.6) is 5.75 Å². The van der Waals surface area contributed by atoms with Crippen LogP contribution >= 0.6 is 0 Å². The summed E-state index contributed by atoms with van der Waals surface area (Å²) in [4.78, 5) is 0. The number of nitrogens with zero attached hydrogens (tertiary/aromatic N) is 1. The minimum Gasteiger partial charge on any atom is -0.492 e. The van der Waals surface area contributed by atoms with Crippen molar-refractivity contribution < 1.29 is 22.7 Å². The fourth-order valence-corrected chi connectivity index (χ4v) is 3.59. The third-order valence-corrected chi connectivity index (χ3v) is 5.11. The Kier molecular flexibility index (Phi) is 6.91. The van der Waals surface area contributed by atoms with E-state index in [9.17, 15) is 17.9 Å². The molecule has 0 bridgehead atoms. The number of hydrogen-bond acceptors (Lipinski definition) is 6. The second-order valence-electron chi connectivity index (χ2n) is 6.92. The van der Waals surface area contributed by atoms with Gasteiger partial charge in [-0.25, -0.2) is 12.8 Å². The van der Waals surface area contributed by atoms with E-state index in [1.54, 1.807) is 0 Å². The average molecular weight is 437 g/mol. The van der Waals surface area contributed by atoms with E-state index in [1.807, 2.05) is 18.2 Å². The number of H-pyrrole nitrogens is 1. The van der Waals surface area contributed by atoms with Gasteiger partial charge in [-0.15, -0.1) is 0 Å². The van der Waals surface area contributed by atoms with Crippen molar-refractivity contribution in [2.45, 2.75) is 19.4 Å². The molecular formula is C20H25FN4O4S. The Morgan fingerprint density at radius 3 is 2.80 bits per heavy atom. The first-order valence-corrected chi connectivity index (χ1v) is 11.4. The number of hydrogen-bond donors (Lipinski definition) is 4. The minimum absolute atomic E-state index is 0.197. The quantitative estimate of drug-likeness (QED) is 0.363. The third kappa shape index (κ3) is 5.68. The van der Waals surface area contributed by atoms with Crippen LogP contribution in [0.1, 0.15) is 24.3 Å². The molecule has 0 fully saturated rings. The van der Waals surface area contributed by atoms with Crippen molar-refractivity contribution in [1.29, 1.82) is 0 Å². The molecular weight excluding hydrogens is 411 g/mol. The fraction of sp³-hybridized carbons (Fsp3) is 0.350. The van der Waals surface area contributed by atoms with Crippen molar-refractivity contribution in [3.05, 3.63) is 53.5 Å². The number of rotatable bonds is 10. The van der Waals surface area contributed by atoms with Crippen LogP contribution in [0.15, 0.2) is 36.4 Å². The number of aliphatic hydroxyl groups is 1. The second kappa shape index (κ2) is 9.41. The number of sulfonamides is 1. The number of fused-ring (bicyclic) bond motifs is 1. The van der Waals surface area contributed by atoms with Crippen molar-refractivity contribution in [2.75, 3.05) is 30.7 Å². The maximum Gasteiger partial charge on any atom is 0.229 e. The molecule has 10 heteroatoms. The van der Waals surface area contributed by atoms with Gasteiger partial charge in [-0.3, -0.25) is 9.82 Å². The predicted molar refractivity (Wildman–Crippen MR) is 114 cm³/mol. The van der Waals surface area contributed by atoms with E-state index in [1.165, 1.54) is 12.1 Å². The van der Waals surface area contributed by atoms with Crippen LogP contribution in [0.4, 0.5) is 10.1 Å². The van der Waals surface area contributed by atoms with E-state index in [0.29, 0.717) is 24.5 Å². The lowest BCUT2D eigenvalue weighted by Crippen LogP contribution is -2.26. The van der Waals surface area contributed by atoms with Gasteiger partial charge in [0.05, 0.1) is 23.6 Å². The Bertz CT molecular complexity index is 1120. The highest BCUT2D eigenvalue weighted by Crippen LogP contribution is 2.23. The van der Waals surface area contributed by atoms with Gasteiger partial charge in [0.25, 0.3) is 0 Å². The van der Waals surface area contributed by atoms with E-state index in [0.717, 1.165) is 35.3 Å². The molecule has 1 aromatic heterocycles. The Labute approximate surface area is 174 Å². The number of anilines is 1. The summed E-state index contributed by atoms with van der Waals surface area (Å²) in [5, 5.41) is 21.7. The number of nitrogens with one attached hydrogen (secondary N) is 3. The molecule has 8 nitrogen and oxygen atoms in total. The third-order valence-electron chi connectivity index (χ3n) is 4.51. The van der Waals surface area contributed by atoms with Crippen LogP contribution < -0.4 is 14.8 Å². The largest absolute Gasteiger partial charge is 0.492 e. The summed E-state index contributed by atoms with van der Waals surface area (Å²) in [7, 11) is -3.62. The van der Waals surface area contributed by atoms with Gasteiger partial charge in [0.15, 0.2) is 0 Å². The first kappa shape index (κ1) is 22.0. The number of aromatic amines is 1. The highest BCUT2D eigenvalue weighted by molar-refractivity contribution is 7.92. The van der Waals surface area contributed by atoms with E-state index >= 15 is 0 Å². The average Bonchev–Trinajstić information content (AvgIpc) is 3.10. The summed E-state index contributed by atoms with van der Waals surface area (Å²) in [5.74, 6) is -0.00769. The number of halogens is 1. The van der Waals surface area contributed by atoms with E-state index in [-0.39, 0.29) is 12.2 Å². The Morgan fingerprint density at radius 1 is 1.27 bits per heavy atom. The molecule has 0 aliphatic carbocycles. The zero-order valence-electron chi connectivity index (χ0n) is 16.8. The summed E-state index contributed by atoms with van der Waals surface area (Å²) in [6.45, 7) is 3.12. The molecule has 0 spiro atoms.